The Labute approximate surface area is 151 Å². The van der Waals surface area contributed by atoms with Crippen LogP contribution in [0.5, 0.6) is 0 Å². The zero-order valence-electron chi connectivity index (χ0n) is 14.3. The van der Waals surface area contributed by atoms with Gasteiger partial charge in [0.15, 0.2) is 0 Å². The molecule has 3 aromatic carbocycles. The van der Waals surface area contributed by atoms with E-state index in [2.05, 4.69) is 15.4 Å². The third kappa shape index (κ3) is 4.33. The van der Waals surface area contributed by atoms with Crippen molar-refractivity contribution in [3.63, 3.8) is 0 Å². The predicted molar refractivity (Wildman–Crippen MR) is 102 cm³/mol. The van der Waals surface area contributed by atoms with Gasteiger partial charge in [0.05, 0.1) is 6.21 Å². The van der Waals surface area contributed by atoms with Crippen LogP contribution in [-0.2, 0) is 0 Å². The Morgan fingerprint density at radius 1 is 0.923 bits per heavy atom. The van der Waals surface area contributed by atoms with Gasteiger partial charge in [-0.25, -0.2) is 9.82 Å². The van der Waals surface area contributed by atoms with Gasteiger partial charge in [-0.3, -0.25) is 4.79 Å². The first kappa shape index (κ1) is 17.4. The number of anilines is 2. The molecule has 0 unspecified atom stereocenters. The normalized spacial score (nSPS) is 10.7. The molecule has 0 aliphatic carbocycles. The minimum atomic E-state index is -0.387. The topological polar surface area (TPSA) is 44.7 Å². The van der Waals surface area contributed by atoms with Crippen LogP contribution in [0.15, 0.2) is 84.0 Å². The smallest absolute Gasteiger partial charge is 0.271 e. The summed E-state index contributed by atoms with van der Waals surface area (Å²) in [4.78, 5) is 14.0. The molecule has 0 bridgehead atoms. The van der Waals surface area contributed by atoms with Crippen molar-refractivity contribution in [2.24, 2.45) is 5.10 Å². The fourth-order valence-corrected chi connectivity index (χ4v) is 2.42. The van der Waals surface area contributed by atoms with E-state index in [1.165, 1.54) is 24.3 Å². The Hall–Kier alpha value is -3.47. The summed E-state index contributed by atoms with van der Waals surface area (Å²) in [6.07, 6.45) is 1.56. The number of nitrogens with one attached hydrogen (secondary N) is 1. The Kier molecular flexibility index (Phi) is 5.39. The lowest BCUT2D eigenvalue weighted by Crippen LogP contribution is -2.17. The van der Waals surface area contributed by atoms with Crippen molar-refractivity contribution in [2.75, 3.05) is 11.9 Å². The maximum absolute atomic E-state index is 12.9. The minimum Gasteiger partial charge on any atom is -0.345 e. The molecule has 130 valence electrons. The maximum atomic E-state index is 12.9. The minimum absolute atomic E-state index is 0.350. The van der Waals surface area contributed by atoms with E-state index in [0.717, 1.165) is 16.9 Å². The highest BCUT2D eigenvalue weighted by atomic mass is 19.1. The molecule has 0 saturated heterocycles. The molecule has 0 radical (unpaired) electrons. The molecule has 0 aliphatic rings. The maximum Gasteiger partial charge on any atom is 0.271 e. The molecule has 0 fully saturated rings. The van der Waals surface area contributed by atoms with Gasteiger partial charge in [0.1, 0.15) is 5.82 Å². The van der Waals surface area contributed by atoms with Gasteiger partial charge in [-0.05, 0) is 54.1 Å². The molecule has 1 N–H and O–H groups in total. The highest BCUT2D eigenvalue weighted by Gasteiger charge is 2.04. The van der Waals surface area contributed by atoms with E-state index in [0.29, 0.717) is 5.56 Å². The summed E-state index contributed by atoms with van der Waals surface area (Å²) in [5.41, 5.74) is 5.78. The van der Waals surface area contributed by atoms with Crippen LogP contribution in [0.25, 0.3) is 0 Å². The van der Waals surface area contributed by atoms with E-state index in [1.807, 2.05) is 61.6 Å². The zero-order chi connectivity index (χ0) is 18.4. The van der Waals surface area contributed by atoms with Crippen molar-refractivity contribution in [3.05, 3.63) is 95.8 Å². The second-order valence-corrected chi connectivity index (χ2v) is 5.69. The molecule has 3 rings (SSSR count). The molecular weight excluding hydrogens is 329 g/mol. The molecule has 0 saturated carbocycles. The number of halogens is 1. The molecule has 0 spiro atoms. The van der Waals surface area contributed by atoms with E-state index in [1.54, 1.807) is 6.21 Å². The largest absolute Gasteiger partial charge is 0.345 e. The number of para-hydroxylation sites is 1. The van der Waals surface area contributed by atoms with Gasteiger partial charge in [-0.15, -0.1) is 0 Å². The molecule has 0 aliphatic heterocycles. The summed E-state index contributed by atoms with van der Waals surface area (Å²) in [7, 11) is 2.00. The first-order valence-electron chi connectivity index (χ1n) is 8.11. The van der Waals surface area contributed by atoms with Crippen LogP contribution in [0, 0.1) is 5.82 Å². The highest BCUT2D eigenvalue weighted by molar-refractivity contribution is 5.94. The van der Waals surface area contributed by atoms with Gasteiger partial charge in [-0.1, -0.05) is 30.3 Å². The number of amides is 1. The van der Waals surface area contributed by atoms with Crippen molar-refractivity contribution < 1.29 is 9.18 Å². The lowest BCUT2D eigenvalue weighted by Gasteiger charge is -2.19. The first-order chi connectivity index (χ1) is 12.6. The summed E-state index contributed by atoms with van der Waals surface area (Å²) in [5, 5.41) is 3.94. The summed E-state index contributed by atoms with van der Waals surface area (Å²) >= 11 is 0. The Bertz CT molecular complexity index is 891. The summed E-state index contributed by atoms with van der Waals surface area (Å²) in [5.74, 6) is -0.771. The molecule has 5 heteroatoms. The number of hydrazone groups is 1. The average Bonchev–Trinajstić information content (AvgIpc) is 2.69. The van der Waals surface area contributed by atoms with Crippen molar-refractivity contribution in [3.8, 4) is 0 Å². The SMILES string of the molecule is CN(c1ccccc1)c1ccc(/C=N/NC(=O)c2ccc(F)cc2)cc1. The monoisotopic (exact) mass is 347 g/mol. The second kappa shape index (κ2) is 8.07. The molecule has 1 amide bonds. The lowest BCUT2D eigenvalue weighted by molar-refractivity contribution is 0.0955. The van der Waals surface area contributed by atoms with Gasteiger partial charge in [0, 0.05) is 24.0 Å². The third-order valence-electron chi connectivity index (χ3n) is 3.91. The number of rotatable bonds is 5. The molecule has 4 nitrogen and oxygen atoms in total. The van der Waals surface area contributed by atoms with E-state index >= 15 is 0 Å². The van der Waals surface area contributed by atoms with Crippen LogP contribution in [0.4, 0.5) is 15.8 Å². The van der Waals surface area contributed by atoms with Crippen LogP contribution in [0.1, 0.15) is 15.9 Å². The third-order valence-corrected chi connectivity index (χ3v) is 3.91. The van der Waals surface area contributed by atoms with E-state index in [-0.39, 0.29) is 11.7 Å². The molecular formula is C21H18FN3O. The fraction of sp³-hybridized carbons (Fsp3) is 0.0476. The lowest BCUT2D eigenvalue weighted by atomic mass is 10.2. The Morgan fingerprint density at radius 3 is 2.19 bits per heavy atom. The van der Waals surface area contributed by atoms with Gasteiger partial charge < -0.3 is 4.90 Å². The van der Waals surface area contributed by atoms with Crippen LogP contribution in [0.3, 0.4) is 0 Å². The van der Waals surface area contributed by atoms with Crippen LogP contribution < -0.4 is 10.3 Å². The molecule has 3 aromatic rings. The summed E-state index contributed by atoms with van der Waals surface area (Å²) in [6, 6.07) is 23.2. The van der Waals surface area contributed by atoms with E-state index in [4.69, 9.17) is 0 Å². The fourth-order valence-electron chi connectivity index (χ4n) is 2.42. The van der Waals surface area contributed by atoms with Crippen LogP contribution in [-0.4, -0.2) is 19.2 Å². The number of hydrogen-bond acceptors (Lipinski definition) is 3. The molecule has 26 heavy (non-hydrogen) atoms. The number of benzene rings is 3. The van der Waals surface area contributed by atoms with Crippen molar-refractivity contribution in [1.82, 2.24) is 5.43 Å². The Balaban J connectivity index is 1.61. The zero-order valence-corrected chi connectivity index (χ0v) is 14.3. The second-order valence-electron chi connectivity index (χ2n) is 5.69. The Morgan fingerprint density at radius 2 is 1.54 bits per heavy atom. The van der Waals surface area contributed by atoms with Crippen molar-refractivity contribution in [2.45, 2.75) is 0 Å². The molecule has 0 atom stereocenters. The quantitative estimate of drug-likeness (QED) is 0.551. The first-order valence-corrected chi connectivity index (χ1v) is 8.11. The van der Waals surface area contributed by atoms with Crippen molar-refractivity contribution >= 4 is 23.5 Å². The average molecular weight is 347 g/mol. The molecule has 0 aromatic heterocycles. The predicted octanol–water partition coefficient (Wildman–Crippen LogP) is 4.36. The van der Waals surface area contributed by atoms with Crippen LogP contribution in [0.2, 0.25) is 0 Å². The van der Waals surface area contributed by atoms with Crippen molar-refractivity contribution in [1.29, 1.82) is 0 Å². The number of carbonyl (C=O) groups is 1. The highest BCUT2D eigenvalue weighted by Crippen LogP contribution is 2.22. The van der Waals surface area contributed by atoms with Crippen LogP contribution >= 0.6 is 0 Å². The summed E-state index contributed by atoms with van der Waals surface area (Å²) < 4.78 is 12.9. The number of carbonyl (C=O) groups excluding carboxylic acids is 1. The number of nitrogens with zero attached hydrogens (tertiary/aromatic N) is 2. The van der Waals surface area contributed by atoms with Gasteiger partial charge in [-0.2, -0.15) is 5.10 Å². The number of hydrogen-bond donors (Lipinski definition) is 1. The van der Waals surface area contributed by atoms with Gasteiger partial charge >= 0.3 is 0 Å². The molecule has 0 heterocycles. The van der Waals surface area contributed by atoms with Gasteiger partial charge in [0.25, 0.3) is 5.91 Å². The van der Waals surface area contributed by atoms with Gasteiger partial charge in [0.2, 0.25) is 0 Å². The standard InChI is InChI=1S/C21H18FN3O/c1-25(19-5-3-2-4-6-19)20-13-7-16(8-14-20)15-23-24-21(26)17-9-11-18(22)12-10-17/h2-15H,1H3,(H,24,26)/b23-15+. The van der Waals surface area contributed by atoms with E-state index < -0.39 is 0 Å². The summed E-state index contributed by atoms with van der Waals surface area (Å²) in [6.45, 7) is 0. The van der Waals surface area contributed by atoms with E-state index in [9.17, 15) is 9.18 Å².